The average Bonchev–Trinajstić information content (AvgIpc) is 2.90. The fourth-order valence-corrected chi connectivity index (χ4v) is 2.15. The maximum absolute atomic E-state index is 12.9. The van der Waals surface area contributed by atoms with Crippen molar-refractivity contribution in [3.05, 3.63) is 35.2 Å². The summed E-state index contributed by atoms with van der Waals surface area (Å²) in [4.78, 5) is 5.12. The smallest absolute Gasteiger partial charge is 0.347 e. The Kier molecular flexibility index (Phi) is 7.54. The molecule has 0 amide bonds. The lowest BCUT2D eigenvalue weighted by molar-refractivity contribution is -0.144. The number of benzene rings is 1. The highest BCUT2D eigenvalue weighted by Crippen LogP contribution is 2.30. The molecule has 6 nitrogen and oxygen atoms in total. The van der Waals surface area contributed by atoms with E-state index in [2.05, 4.69) is 45.3 Å². The van der Waals surface area contributed by atoms with Crippen LogP contribution in [-0.4, -0.2) is 37.3 Å². The van der Waals surface area contributed by atoms with Crippen LogP contribution in [-0.2, 0) is 14.4 Å². The third-order valence-electron chi connectivity index (χ3n) is 3.36. The maximum atomic E-state index is 12.9. The molecule has 152 valence electrons. The molecule has 0 saturated carbocycles. The van der Waals surface area contributed by atoms with E-state index in [0.717, 1.165) is 11.1 Å². The summed E-state index contributed by atoms with van der Waals surface area (Å²) >= 11 is 0. The van der Waals surface area contributed by atoms with Crippen LogP contribution in [0.15, 0.2) is 18.2 Å². The highest BCUT2D eigenvalue weighted by atomic mass is 36.0. The van der Waals surface area contributed by atoms with Crippen molar-refractivity contribution >= 4 is 35.6 Å². The van der Waals surface area contributed by atoms with Crippen molar-refractivity contribution in [1.29, 1.82) is 0 Å². The van der Waals surface area contributed by atoms with E-state index in [9.17, 15) is 13.2 Å². The number of rotatable bonds is 3. The Morgan fingerprint density at radius 3 is 2.07 bits per heavy atom. The van der Waals surface area contributed by atoms with Gasteiger partial charge in [-0.05, 0) is 30.0 Å². The van der Waals surface area contributed by atoms with Gasteiger partial charge in [-0.3, -0.25) is 0 Å². The van der Waals surface area contributed by atoms with Crippen molar-refractivity contribution < 1.29 is 21.6 Å². The molecule has 0 bridgehead atoms. The van der Waals surface area contributed by atoms with Crippen LogP contribution in [0.2, 0.25) is 0 Å². The van der Waals surface area contributed by atoms with Crippen molar-refractivity contribution in [2.24, 2.45) is 0 Å². The Balaban J connectivity index is 0.000000646. The van der Waals surface area contributed by atoms with Crippen LogP contribution < -0.4 is 4.90 Å². The Bertz CT molecular complexity index is 889. The zero-order valence-electron chi connectivity index (χ0n) is 15.2. The van der Waals surface area contributed by atoms with Gasteiger partial charge in [-0.2, -0.15) is 31.3 Å². The number of halogens is 5. The van der Waals surface area contributed by atoms with Gasteiger partial charge >= 0.3 is 14.4 Å². The number of hydrogen-bond acceptors (Lipinski definition) is 5. The Morgan fingerprint density at radius 2 is 1.70 bits per heavy atom. The van der Waals surface area contributed by atoms with Gasteiger partial charge in [-0.1, -0.05) is 26.0 Å². The molecule has 2 aromatic rings. The van der Waals surface area contributed by atoms with E-state index in [1.54, 1.807) is 20.2 Å². The van der Waals surface area contributed by atoms with Gasteiger partial charge in [0.1, 0.15) is 0 Å². The molecule has 1 heterocycles. The molecule has 1 aromatic carbocycles. The fourth-order valence-electron chi connectivity index (χ4n) is 2.15. The first-order valence-corrected chi connectivity index (χ1v) is 10.7. The summed E-state index contributed by atoms with van der Waals surface area (Å²) in [5, 5.41) is 3.65. The van der Waals surface area contributed by atoms with E-state index in [1.165, 1.54) is 9.58 Å². The third kappa shape index (κ3) is 7.19. The summed E-state index contributed by atoms with van der Waals surface area (Å²) in [5.41, 5.74) is 2.58. The summed E-state index contributed by atoms with van der Waals surface area (Å²) in [6.45, 7) is 5.99. The van der Waals surface area contributed by atoms with Crippen LogP contribution >= 0.6 is 21.4 Å². The van der Waals surface area contributed by atoms with Gasteiger partial charge in [0.2, 0.25) is 5.95 Å². The molecule has 0 atom stereocenters. The van der Waals surface area contributed by atoms with Crippen LogP contribution in [0.1, 0.15) is 36.7 Å². The molecule has 1 aromatic heterocycles. The average molecular weight is 447 g/mol. The summed E-state index contributed by atoms with van der Waals surface area (Å²) in [6, 6.07) is 5.66. The van der Waals surface area contributed by atoms with Gasteiger partial charge in [0, 0.05) is 35.5 Å². The van der Waals surface area contributed by atoms with Crippen LogP contribution in [0.25, 0.3) is 5.69 Å². The zero-order chi connectivity index (χ0) is 21.2. The first kappa shape index (κ1) is 23.5. The molecule has 0 aliphatic rings. The van der Waals surface area contributed by atoms with Gasteiger partial charge in [-0.25, -0.2) is 0 Å². The topological polar surface area (TPSA) is 68.1 Å². The standard InChI is InChI=1S/C15H19F3N4.Cl2O2S/c1-9(2)11-6-7-12(10(3)8-11)22-14(21(4)5)19-13(20-22)15(16,17)18;1-5(2,3)4/h6-9H,1-5H3;. The molecule has 0 spiro atoms. The van der Waals surface area contributed by atoms with Gasteiger partial charge in [-0.15, -0.1) is 5.10 Å². The molecular formula is C15H19Cl2F3N4O2S. The molecule has 0 unspecified atom stereocenters. The highest BCUT2D eigenvalue weighted by Gasteiger charge is 2.37. The van der Waals surface area contributed by atoms with E-state index in [0.29, 0.717) is 11.6 Å². The number of anilines is 1. The molecule has 27 heavy (non-hydrogen) atoms. The molecule has 2 rings (SSSR count). The lowest BCUT2D eigenvalue weighted by Gasteiger charge is -2.15. The molecule has 0 N–H and O–H groups in total. The van der Waals surface area contributed by atoms with E-state index in [4.69, 9.17) is 8.42 Å². The van der Waals surface area contributed by atoms with Crippen LogP contribution in [0.4, 0.5) is 19.1 Å². The fraction of sp³-hybridized carbons (Fsp3) is 0.467. The summed E-state index contributed by atoms with van der Waals surface area (Å²) in [6.07, 6.45) is -4.57. The Morgan fingerprint density at radius 1 is 1.19 bits per heavy atom. The summed E-state index contributed by atoms with van der Waals surface area (Å²) in [5.74, 6) is -0.640. The van der Waals surface area contributed by atoms with Crippen molar-refractivity contribution in [3.63, 3.8) is 0 Å². The lowest BCUT2D eigenvalue weighted by atomic mass is 10.0. The molecule has 12 heteroatoms. The van der Waals surface area contributed by atoms with Gasteiger partial charge in [0.15, 0.2) is 0 Å². The first-order valence-electron chi connectivity index (χ1n) is 7.58. The molecule has 0 aliphatic heterocycles. The van der Waals surface area contributed by atoms with E-state index >= 15 is 0 Å². The minimum Gasteiger partial charge on any atom is -0.347 e. The third-order valence-corrected chi connectivity index (χ3v) is 3.36. The van der Waals surface area contributed by atoms with Crippen molar-refractivity contribution in [2.75, 3.05) is 19.0 Å². The van der Waals surface area contributed by atoms with Crippen LogP contribution in [0.3, 0.4) is 0 Å². The second kappa shape index (κ2) is 8.66. The van der Waals surface area contributed by atoms with E-state index in [-0.39, 0.29) is 5.95 Å². The number of alkyl halides is 3. The summed E-state index contributed by atoms with van der Waals surface area (Å²) in [7, 11) is 8.09. The molecule has 0 radical (unpaired) electrons. The largest absolute Gasteiger partial charge is 0.453 e. The van der Waals surface area contributed by atoms with Crippen molar-refractivity contribution in [1.82, 2.24) is 14.8 Å². The van der Waals surface area contributed by atoms with E-state index < -0.39 is 20.3 Å². The second-order valence-electron chi connectivity index (χ2n) is 6.12. The SMILES string of the molecule is Cc1cc(C(C)C)ccc1-n1nc(C(F)(F)F)nc1N(C)C.O=S(=O)(Cl)Cl. The molecule has 0 saturated heterocycles. The highest BCUT2D eigenvalue weighted by molar-refractivity contribution is 8.31. The maximum Gasteiger partial charge on any atom is 0.453 e. The van der Waals surface area contributed by atoms with Crippen LogP contribution in [0.5, 0.6) is 0 Å². The van der Waals surface area contributed by atoms with Crippen LogP contribution in [0, 0.1) is 6.92 Å². The Labute approximate surface area is 164 Å². The number of hydrogen-bond donors (Lipinski definition) is 0. The lowest BCUT2D eigenvalue weighted by Crippen LogP contribution is -2.15. The first-order chi connectivity index (χ1) is 12.1. The van der Waals surface area contributed by atoms with E-state index in [1.807, 2.05) is 19.1 Å². The van der Waals surface area contributed by atoms with Gasteiger partial charge < -0.3 is 4.90 Å². The second-order valence-corrected chi connectivity index (χ2v) is 9.79. The number of aromatic nitrogens is 3. The quantitative estimate of drug-likeness (QED) is 0.649. The number of nitrogens with zero attached hydrogens (tertiary/aromatic N) is 4. The summed E-state index contributed by atoms with van der Waals surface area (Å²) < 4.78 is 58.2. The predicted octanol–water partition coefficient (Wildman–Crippen LogP) is 4.49. The minimum absolute atomic E-state index is 0.146. The molecule has 0 fully saturated rings. The zero-order valence-corrected chi connectivity index (χ0v) is 17.5. The minimum atomic E-state index is -4.57. The monoisotopic (exact) mass is 446 g/mol. The number of aryl methyl sites for hydroxylation is 1. The predicted molar refractivity (Wildman–Crippen MR) is 100 cm³/mol. The molecule has 0 aliphatic carbocycles. The normalized spacial score (nSPS) is 12.0. The van der Waals surface area contributed by atoms with Gasteiger partial charge in [0.25, 0.3) is 5.82 Å². The Hall–Kier alpha value is -1.52. The van der Waals surface area contributed by atoms with Gasteiger partial charge in [0.05, 0.1) is 5.69 Å². The van der Waals surface area contributed by atoms with Crippen molar-refractivity contribution in [3.8, 4) is 5.69 Å². The van der Waals surface area contributed by atoms with Crippen molar-refractivity contribution in [2.45, 2.75) is 32.9 Å². The molecular weight excluding hydrogens is 428 g/mol.